The van der Waals surface area contributed by atoms with Gasteiger partial charge in [-0.3, -0.25) is 4.79 Å². The molecule has 152 valence electrons. The monoisotopic (exact) mass is 397 g/mol. The quantitative estimate of drug-likeness (QED) is 0.659. The Morgan fingerprint density at radius 3 is 2.67 bits per heavy atom. The molecule has 1 aromatic rings. The summed E-state index contributed by atoms with van der Waals surface area (Å²) >= 11 is 0. The molecule has 0 bridgehead atoms. The smallest absolute Gasteiger partial charge is 0.243 e. The molecule has 1 amide bonds. The van der Waals surface area contributed by atoms with E-state index in [0.29, 0.717) is 50.8 Å². The summed E-state index contributed by atoms with van der Waals surface area (Å²) in [7, 11) is -3.63. The van der Waals surface area contributed by atoms with Crippen LogP contribution >= 0.6 is 0 Å². The second kappa shape index (κ2) is 10.1. The van der Waals surface area contributed by atoms with Gasteiger partial charge in [0.05, 0.1) is 17.4 Å². The molecule has 3 N–H and O–H groups in total. The molecular weight excluding hydrogens is 366 g/mol. The Hall–Kier alpha value is -1.64. The van der Waals surface area contributed by atoms with E-state index in [1.54, 1.807) is 24.3 Å². The maximum absolute atomic E-state index is 12.9. The number of piperidine rings is 1. The maximum Gasteiger partial charge on any atom is 0.243 e. The highest BCUT2D eigenvalue weighted by Gasteiger charge is 2.33. The van der Waals surface area contributed by atoms with Crippen molar-refractivity contribution in [2.75, 3.05) is 32.8 Å². The number of ether oxygens (including phenoxy) is 1. The van der Waals surface area contributed by atoms with Crippen LogP contribution in [0.15, 0.2) is 29.2 Å². The van der Waals surface area contributed by atoms with Crippen molar-refractivity contribution in [1.29, 1.82) is 0 Å². The fourth-order valence-electron chi connectivity index (χ4n) is 2.98. The first-order valence-electron chi connectivity index (χ1n) is 9.55. The van der Waals surface area contributed by atoms with E-state index in [4.69, 9.17) is 10.5 Å². The van der Waals surface area contributed by atoms with Gasteiger partial charge in [-0.25, -0.2) is 8.42 Å². The van der Waals surface area contributed by atoms with Crippen LogP contribution in [0.4, 0.5) is 0 Å². The van der Waals surface area contributed by atoms with Gasteiger partial charge in [0, 0.05) is 26.2 Å². The van der Waals surface area contributed by atoms with E-state index in [0.717, 1.165) is 6.42 Å². The third-order valence-corrected chi connectivity index (χ3v) is 6.50. The minimum absolute atomic E-state index is 0.130. The van der Waals surface area contributed by atoms with E-state index in [1.807, 2.05) is 0 Å². The summed E-state index contributed by atoms with van der Waals surface area (Å²) < 4.78 is 32.9. The maximum atomic E-state index is 12.9. The van der Waals surface area contributed by atoms with Gasteiger partial charge >= 0.3 is 0 Å². The van der Waals surface area contributed by atoms with E-state index in [1.165, 1.54) is 4.31 Å². The van der Waals surface area contributed by atoms with E-state index in [2.05, 4.69) is 19.2 Å². The number of carbonyl (C=O) groups excluding carboxylic acids is 1. The normalized spacial score (nSPS) is 18.4. The Bertz CT molecular complexity index is 704. The number of nitrogens with one attached hydrogen (secondary N) is 1. The lowest BCUT2D eigenvalue weighted by atomic mass is 9.99. The highest BCUT2D eigenvalue weighted by Crippen LogP contribution is 2.25. The molecule has 0 saturated carbocycles. The number of sulfonamides is 1. The van der Waals surface area contributed by atoms with Crippen molar-refractivity contribution in [3.8, 4) is 5.75 Å². The molecule has 8 heteroatoms. The van der Waals surface area contributed by atoms with Gasteiger partial charge in [0.15, 0.2) is 0 Å². The van der Waals surface area contributed by atoms with E-state index < -0.39 is 10.0 Å². The Balaban J connectivity index is 2.00. The number of amides is 1. The minimum Gasteiger partial charge on any atom is -0.494 e. The summed E-state index contributed by atoms with van der Waals surface area (Å²) in [5.41, 5.74) is 5.40. The third-order valence-electron chi connectivity index (χ3n) is 4.62. The van der Waals surface area contributed by atoms with Gasteiger partial charge in [-0.05, 0) is 49.4 Å². The first-order chi connectivity index (χ1) is 12.8. The number of hydrogen-bond donors (Lipinski definition) is 2. The van der Waals surface area contributed by atoms with E-state index in [9.17, 15) is 13.2 Å². The largest absolute Gasteiger partial charge is 0.494 e. The molecule has 1 aromatic carbocycles. The van der Waals surface area contributed by atoms with E-state index >= 15 is 0 Å². The van der Waals surface area contributed by atoms with Crippen molar-refractivity contribution >= 4 is 15.9 Å². The lowest BCUT2D eigenvalue weighted by molar-refractivity contribution is -0.126. The van der Waals surface area contributed by atoms with Crippen LogP contribution < -0.4 is 15.8 Å². The van der Waals surface area contributed by atoms with Crippen LogP contribution in [0.1, 0.15) is 33.1 Å². The number of nitrogens with zero attached hydrogens (tertiary/aromatic N) is 1. The Labute approximate surface area is 162 Å². The van der Waals surface area contributed by atoms with Gasteiger partial charge < -0.3 is 15.8 Å². The summed E-state index contributed by atoms with van der Waals surface area (Å²) in [6.45, 7) is 6.26. The van der Waals surface area contributed by atoms with Crippen molar-refractivity contribution in [3.63, 3.8) is 0 Å². The average Bonchev–Trinajstić information content (AvgIpc) is 2.66. The summed E-state index contributed by atoms with van der Waals surface area (Å²) in [5.74, 6) is 0.749. The molecular formula is C19H31N3O4S. The summed E-state index contributed by atoms with van der Waals surface area (Å²) in [5, 5.41) is 2.75. The van der Waals surface area contributed by atoms with Crippen molar-refractivity contribution in [3.05, 3.63) is 24.3 Å². The molecule has 1 saturated heterocycles. The predicted molar refractivity (Wildman–Crippen MR) is 105 cm³/mol. The molecule has 1 atom stereocenters. The second-order valence-corrected chi connectivity index (χ2v) is 9.22. The van der Waals surface area contributed by atoms with E-state index in [-0.39, 0.29) is 23.3 Å². The molecule has 0 radical (unpaired) electrons. The predicted octanol–water partition coefficient (Wildman–Crippen LogP) is 1.59. The SMILES string of the molecule is CC(C)CCOc1ccc(S(=O)(=O)N2CCCC(C(=O)NCCN)C2)cc1. The zero-order chi connectivity index (χ0) is 19.9. The van der Waals surface area contributed by atoms with Crippen LogP contribution in [0.3, 0.4) is 0 Å². The Morgan fingerprint density at radius 2 is 2.04 bits per heavy atom. The average molecular weight is 398 g/mol. The van der Waals surface area contributed by atoms with Gasteiger partial charge in [0.1, 0.15) is 5.75 Å². The van der Waals surface area contributed by atoms with Gasteiger partial charge in [0.25, 0.3) is 0 Å². The van der Waals surface area contributed by atoms with Gasteiger partial charge in [-0.1, -0.05) is 13.8 Å². The van der Waals surface area contributed by atoms with Gasteiger partial charge in [0.2, 0.25) is 15.9 Å². The van der Waals surface area contributed by atoms with Crippen LogP contribution in [-0.4, -0.2) is 51.4 Å². The lowest BCUT2D eigenvalue weighted by Gasteiger charge is -2.31. The molecule has 0 aromatic heterocycles. The van der Waals surface area contributed by atoms with Crippen molar-refractivity contribution in [2.24, 2.45) is 17.6 Å². The molecule has 1 fully saturated rings. The molecule has 7 nitrogen and oxygen atoms in total. The van der Waals surface area contributed by atoms with Crippen molar-refractivity contribution in [2.45, 2.75) is 38.0 Å². The second-order valence-electron chi connectivity index (χ2n) is 7.28. The number of hydrogen-bond acceptors (Lipinski definition) is 5. The summed E-state index contributed by atoms with van der Waals surface area (Å²) in [4.78, 5) is 12.4. The number of nitrogens with two attached hydrogens (primary N) is 1. The summed E-state index contributed by atoms with van der Waals surface area (Å²) in [6.07, 6.45) is 2.29. The van der Waals surface area contributed by atoms with Crippen LogP contribution in [0.25, 0.3) is 0 Å². The highest BCUT2D eigenvalue weighted by atomic mass is 32.2. The molecule has 1 heterocycles. The van der Waals surface area contributed by atoms with Crippen LogP contribution in [-0.2, 0) is 14.8 Å². The van der Waals surface area contributed by atoms with Gasteiger partial charge in [-0.2, -0.15) is 4.31 Å². The van der Waals surface area contributed by atoms with Crippen molar-refractivity contribution < 1.29 is 17.9 Å². The molecule has 1 unspecified atom stereocenters. The first-order valence-corrected chi connectivity index (χ1v) is 11.0. The Morgan fingerprint density at radius 1 is 1.33 bits per heavy atom. The van der Waals surface area contributed by atoms with Gasteiger partial charge in [-0.15, -0.1) is 0 Å². The van der Waals surface area contributed by atoms with Crippen LogP contribution in [0, 0.1) is 11.8 Å². The first kappa shape index (κ1) is 21.7. The van der Waals surface area contributed by atoms with Crippen LogP contribution in [0.2, 0.25) is 0 Å². The lowest BCUT2D eigenvalue weighted by Crippen LogP contribution is -2.46. The summed E-state index contributed by atoms with van der Waals surface area (Å²) in [6, 6.07) is 6.50. The number of carbonyl (C=O) groups is 1. The standard InChI is InChI=1S/C19H31N3O4S/c1-15(2)9-13-26-17-5-7-18(8-6-17)27(24,25)22-12-3-4-16(14-22)19(23)21-11-10-20/h5-8,15-16H,3-4,9-14,20H2,1-2H3,(H,21,23). The number of benzene rings is 1. The molecule has 0 spiro atoms. The van der Waals surface area contributed by atoms with Crippen LogP contribution in [0.5, 0.6) is 5.75 Å². The third kappa shape index (κ3) is 6.19. The zero-order valence-corrected chi connectivity index (χ0v) is 17.0. The molecule has 0 aliphatic carbocycles. The molecule has 27 heavy (non-hydrogen) atoms. The molecule has 1 aliphatic rings. The number of rotatable bonds is 9. The topological polar surface area (TPSA) is 102 Å². The fourth-order valence-corrected chi connectivity index (χ4v) is 4.51. The Kier molecular flexibility index (Phi) is 8.07. The highest BCUT2D eigenvalue weighted by molar-refractivity contribution is 7.89. The van der Waals surface area contributed by atoms with Crippen molar-refractivity contribution in [1.82, 2.24) is 9.62 Å². The fraction of sp³-hybridized carbons (Fsp3) is 0.632. The zero-order valence-electron chi connectivity index (χ0n) is 16.2. The minimum atomic E-state index is -3.63. The molecule has 1 aliphatic heterocycles. The molecule has 2 rings (SSSR count).